The molecule has 0 aliphatic heterocycles. The van der Waals surface area contributed by atoms with Gasteiger partial charge in [-0.2, -0.15) is 5.10 Å². The van der Waals surface area contributed by atoms with E-state index in [1.165, 1.54) is 7.11 Å². The number of carbonyl (C=O) groups is 1. The van der Waals surface area contributed by atoms with E-state index in [0.717, 1.165) is 10.0 Å². The van der Waals surface area contributed by atoms with Gasteiger partial charge in [0, 0.05) is 15.1 Å². The minimum absolute atomic E-state index is 0.193. The normalized spacial score (nSPS) is 10.7. The molecule has 0 bridgehead atoms. The number of hydrogen-bond acceptors (Lipinski definition) is 3. The van der Waals surface area contributed by atoms with Crippen molar-refractivity contribution < 1.29 is 9.53 Å². The van der Waals surface area contributed by atoms with E-state index < -0.39 is 5.97 Å². The number of benzene rings is 2. The summed E-state index contributed by atoms with van der Waals surface area (Å²) in [5, 5.41) is 5.30. The van der Waals surface area contributed by atoms with Gasteiger partial charge in [0.15, 0.2) is 5.69 Å². The van der Waals surface area contributed by atoms with Crippen LogP contribution in [0.5, 0.6) is 0 Å². The maximum Gasteiger partial charge on any atom is 0.358 e. The number of hydrogen-bond donors (Lipinski definition) is 0. The lowest BCUT2D eigenvalue weighted by molar-refractivity contribution is 0.0593. The first-order valence-electron chi connectivity index (χ1n) is 6.89. The predicted octanol–water partition coefficient (Wildman–Crippen LogP) is 5.40. The van der Waals surface area contributed by atoms with Crippen LogP contribution in [0.3, 0.4) is 0 Å². The predicted molar refractivity (Wildman–Crippen MR) is 98.1 cm³/mol. The summed E-state index contributed by atoms with van der Waals surface area (Å²) in [6, 6.07) is 14.4. The zero-order valence-corrected chi connectivity index (χ0v) is 15.6. The van der Waals surface area contributed by atoms with E-state index in [2.05, 4.69) is 21.0 Å². The zero-order valence-electron chi connectivity index (χ0n) is 12.5. The first kappa shape index (κ1) is 17.0. The average Bonchev–Trinajstić information content (AvgIpc) is 2.99. The summed E-state index contributed by atoms with van der Waals surface area (Å²) in [5.41, 5.74) is 2.39. The Bertz CT molecular complexity index is 925. The lowest BCUT2D eigenvalue weighted by atomic mass is 10.1. The lowest BCUT2D eigenvalue weighted by Gasteiger charge is -2.10. The van der Waals surface area contributed by atoms with Crippen molar-refractivity contribution in [1.82, 2.24) is 9.78 Å². The van der Waals surface area contributed by atoms with Crippen LogP contribution in [0.2, 0.25) is 10.0 Å². The van der Waals surface area contributed by atoms with E-state index in [-0.39, 0.29) is 5.69 Å². The van der Waals surface area contributed by atoms with Gasteiger partial charge in [-0.1, -0.05) is 51.3 Å². The number of aromatic nitrogens is 2. The number of halogens is 3. The number of nitrogens with zero attached hydrogens (tertiary/aromatic N) is 2. The fourth-order valence-electron chi connectivity index (χ4n) is 2.28. The summed E-state index contributed by atoms with van der Waals surface area (Å²) in [7, 11) is 1.31. The standard InChI is InChI=1S/C17H11BrCl2N2O2/c1-24-17(23)14-9-16(10-3-2-4-11(18)7-10)22(21-14)15-6-5-12(19)8-13(15)20/h2-9H,1H3. The van der Waals surface area contributed by atoms with Crippen LogP contribution in [0.15, 0.2) is 53.0 Å². The first-order chi connectivity index (χ1) is 11.5. The van der Waals surface area contributed by atoms with Gasteiger partial charge < -0.3 is 4.74 Å². The number of ether oxygens (including phenoxy) is 1. The molecule has 0 aliphatic carbocycles. The lowest BCUT2D eigenvalue weighted by Crippen LogP contribution is -2.05. The van der Waals surface area contributed by atoms with Crippen molar-refractivity contribution in [2.45, 2.75) is 0 Å². The molecule has 0 atom stereocenters. The second-order valence-corrected chi connectivity index (χ2v) is 6.68. The van der Waals surface area contributed by atoms with Crippen LogP contribution in [0, 0.1) is 0 Å². The van der Waals surface area contributed by atoms with E-state index in [1.807, 2.05) is 24.3 Å². The Morgan fingerprint density at radius 2 is 1.96 bits per heavy atom. The average molecular weight is 426 g/mol. The molecule has 0 radical (unpaired) electrons. The summed E-state index contributed by atoms with van der Waals surface area (Å²) in [5.74, 6) is -0.518. The van der Waals surface area contributed by atoms with Gasteiger partial charge in [0.25, 0.3) is 0 Å². The summed E-state index contributed by atoms with van der Waals surface area (Å²) in [6.45, 7) is 0. The molecule has 7 heteroatoms. The summed E-state index contributed by atoms with van der Waals surface area (Å²) < 4.78 is 7.29. The molecule has 2 aromatic carbocycles. The minimum Gasteiger partial charge on any atom is -0.464 e. The number of esters is 1. The van der Waals surface area contributed by atoms with Crippen molar-refractivity contribution in [3.8, 4) is 16.9 Å². The van der Waals surface area contributed by atoms with Gasteiger partial charge in [-0.25, -0.2) is 9.48 Å². The number of carbonyl (C=O) groups excluding carboxylic acids is 1. The summed E-state index contributed by atoms with van der Waals surface area (Å²) in [6.07, 6.45) is 0. The van der Waals surface area contributed by atoms with Crippen molar-refractivity contribution in [2.24, 2.45) is 0 Å². The van der Waals surface area contributed by atoms with Crippen molar-refractivity contribution in [1.29, 1.82) is 0 Å². The molecule has 0 saturated carbocycles. The quantitative estimate of drug-likeness (QED) is 0.528. The van der Waals surface area contributed by atoms with E-state index in [1.54, 1.807) is 28.9 Å². The van der Waals surface area contributed by atoms with Crippen molar-refractivity contribution >= 4 is 45.1 Å². The van der Waals surface area contributed by atoms with Gasteiger partial charge >= 0.3 is 5.97 Å². The Labute approximate surface area is 157 Å². The van der Waals surface area contributed by atoms with Crippen LogP contribution in [-0.2, 0) is 4.74 Å². The molecule has 0 spiro atoms. The number of rotatable bonds is 3. The Balaban J connectivity index is 2.23. The molecule has 0 fully saturated rings. The van der Waals surface area contributed by atoms with Crippen LogP contribution >= 0.6 is 39.1 Å². The second kappa shape index (κ2) is 6.97. The molecule has 0 saturated heterocycles. The van der Waals surface area contributed by atoms with Gasteiger partial charge in [-0.3, -0.25) is 0 Å². The fourth-order valence-corrected chi connectivity index (χ4v) is 3.16. The molecule has 24 heavy (non-hydrogen) atoms. The third-order valence-electron chi connectivity index (χ3n) is 3.36. The molecule has 1 aromatic heterocycles. The SMILES string of the molecule is COC(=O)c1cc(-c2cccc(Br)c2)n(-c2ccc(Cl)cc2Cl)n1. The van der Waals surface area contributed by atoms with Gasteiger partial charge in [-0.15, -0.1) is 0 Å². The summed E-state index contributed by atoms with van der Waals surface area (Å²) >= 11 is 15.7. The zero-order chi connectivity index (χ0) is 17.3. The van der Waals surface area contributed by atoms with E-state index in [4.69, 9.17) is 27.9 Å². The molecule has 4 nitrogen and oxygen atoms in total. The Kier molecular flexibility index (Phi) is 4.94. The van der Waals surface area contributed by atoms with Gasteiger partial charge in [0.1, 0.15) is 0 Å². The van der Waals surface area contributed by atoms with Crippen molar-refractivity contribution in [3.63, 3.8) is 0 Å². The highest BCUT2D eigenvalue weighted by Gasteiger charge is 2.18. The molecular formula is C17H11BrCl2N2O2. The third-order valence-corrected chi connectivity index (χ3v) is 4.39. The molecule has 3 rings (SSSR count). The van der Waals surface area contributed by atoms with E-state index in [0.29, 0.717) is 21.4 Å². The van der Waals surface area contributed by atoms with Crippen molar-refractivity contribution in [3.05, 3.63) is 68.7 Å². The van der Waals surface area contributed by atoms with Crippen molar-refractivity contribution in [2.75, 3.05) is 7.11 Å². The maximum atomic E-state index is 11.9. The molecule has 3 aromatic rings. The Morgan fingerprint density at radius 1 is 1.17 bits per heavy atom. The minimum atomic E-state index is -0.518. The van der Waals surface area contributed by atoms with Crippen LogP contribution in [0.25, 0.3) is 16.9 Å². The van der Waals surface area contributed by atoms with Crippen LogP contribution in [0.1, 0.15) is 10.5 Å². The van der Waals surface area contributed by atoms with Crippen LogP contribution in [-0.4, -0.2) is 22.9 Å². The van der Waals surface area contributed by atoms with Gasteiger partial charge in [0.2, 0.25) is 0 Å². The maximum absolute atomic E-state index is 11.9. The molecule has 1 heterocycles. The second-order valence-electron chi connectivity index (χ2n) is 4.92. The third kappa shape index (κ3) is 3.34. The van der Waals surface area contributed by atoms with E-state index in [9.17, 15) is 4.79 Å². The van der Waals surface area contributed by atoms with Crippen LogP contribution in [0.4, 0.5) is 0 Å². The van der Waals surface area contributed by atoms with E-state index >= 15 is 0 Å². The Hall–Kier alpha value is -1.82. The topological polar surface area (TPSA) is 44.1 Å². The number of methoxy groups -OCH3 is 1. The molecule has 122 valence electrons. The molecule has 0 unspecified atom stereocenters. The monoisotopic (exact) mass is 424 g/mol. The first-order valence-corrected chi connectivity index (χ1v) is 8.44. The Morgan fingerprint density at radius 3 is 2.62 bits per heavy atom. The van der Waals surface area contributed by atoms with Gasteiger partial charge in [-0.05, 0) is 36.4 Å². The van der Waals surface area contributed by atoms with Crippen LogP contribution < -0.4 is 0 Å². The molecule has 0 aliphatic rings. The highest BCUT2D eigenvalue weighted by atomic mass is 79.9. The highest BCUT2D eigenvalue weighted by molar-refractivity contribution is 9.10. The molecular weight excluding hydrogens is 415 g/mol. The summed E-state index contributed by atoms with van der Waals surface area (Å²) in [4.78, 5) is 11.9. The molecule has 0 N–H and O–H groups in total. The highest BCUT2D eigenvalue weighted by Crippen LogP contribution is 2.31. The van der Waals surface area contributed by atoms with Gasteiger partial charge in [0.05, 0.1) is 23.5 Å². The fraction of sp³-hybridized carbons (Fsp3) is 0.0588. The molecule has 0 amide bonds. The smallest absolute Gasteiger partial charge is 0.358 e. The largest absolute Gasteiger partial charge is 0.464 e.